The highest BCUT2D eigenvalue weighted by Gasteiger charge is 2.31. The summed E-state index contributed by atoms with van der Waals surface area (Å²) in [6.07, 6.45) is 2.27. The Bertz CT molecular complexity index is 956. The lowest BCUT2D eigenvalue weighted by atomic mass is 10.3. The standard InChI is InChI=1S/C20H19ClN4OS/c1-13(19(26)22-17-10-6-5-9-16(17)21)27-20-23-18(14-11-12-14)25(24-20)15-7-3-2-4-8-15/h2-10,13-14H,11-12H2,1H3,(H,22,26). The number of rotatable bonds is 6. The molecule has 27 heavy (non-hydrogen) atoms. The number of halogens is 1. The maximum atomic E-state index is 12.5. The van der Waals surface area contributed by atoms with Crippen LogP contribution in [0.4, 0.5) is 5.69 Å². The zero-order chi connectivity index (χ0) is 18.8. The molecule has 3 aromatic rings. The van der Waals surface area contributed by atoms with E-state index in [0.717, 1.165) is 24.4 Å². The van der Waals surface area contributed by atoms with Crippen molar-refractivity contribution in [3.8, 4) is 5.69 Å². The van der Waals surface area contributed by atoms with Gasteiger partial charge in [0.05, 0.1) is 21.6 Å². The second kappa shape index (κ2) is 7.74. The van der Waals surface area contributed by atoms with Gasteiger partial charge in [-0.15, -0.1) is 5.10 Å². The molecule has 1 saturated carbocycles. The van der Waals surface area contributed by atoms with Gasteiger partial charge in [0, 0.05) is 5.92 Å². The molecule has 1 N–H and O–H groups in total. The average molecular weight is 399 g/mol. The molecule has 0 radical (unpaired) electrons. The highest BCUT2D eigenvalue weighted by molar-refractivity contribution is 8.00. The van der Waals surface area contributed by atoms with Gasteiger partial charge >= 0.3 is 0 Å². The van der Waals surface area contributed by atoms with Gasteiger partial charge in [0.1, 0.15) is 5.82 Å². The number of aromatic nitrogens is 3. The number of nitrogens with zero attached hydrogens (tertiary/aromatic N) is 3. The van der Waals surface area contributed by atoms with E-state index >= 15 is 0 Å². The van der Waals surface area contributed by atoms with Gasteiger partial charge in [0.15, 0.2) is 0 Å². The molecule has 1 atom stereocenters. The summed E-state index contributed by atoms with van der Waals surface area (Å²) in [7, 11) is 0. The van der Waals surface area contributed by atoms with Crippen LogP contribution in [0.3, 0.4) is 0 Å². The normalized spacial score (nSPS) is 14.7. The molecule has 0 aliphatic heterocycles. The lowest BCUT2D eigenvalue weighted by Gasteiger charge is -2.11. The zero-order valence-corrected chi connectivity index (χ0v) is 16.4. The summed E-state index contributed by atoms with van der Waals surface area (Å²) < 4.78 is 1.90. The summed E-state index contributed by atoms with van der Waals surface area (Å²) in [6.45, 7) is 1.84. The highest BCUT2D eigenvalue weighted by atomic mass is 35.5. The number of carbonyl (C=O) groups excluding carboxylic acids is 1. The second-order valence-electron chi connectivity index (χ2n) is 6.50. The fourth-order valence-corrected chi connectivity index (χ4v) is 3.67. The van der Waals surface area contributed by atoms with Crippen LogP contribution in [0.25, 0.3) is 5.69 Å². The number of amides is 1. The Hall–Kier alpha value is -2.31. The zero-order valence-electron chi connectivity index (χ0n) is 14.8. The van der Waals surface area contributed by atoms with Gasteiger partial charge in [-0.2, -0.15) is 0 Å². The van der Waals surface area contributed by atoms with Crippen molar-refractivity contribution in [2.45, 2.75) is 36.1 Å². The Morgan fingerprint density at radius 1 is 1.19 bits per heavy atom. The first kappa shape index (κ1) is 18.1. The second-order valence-corrected chi connectivity index (χ2v) is 8.22. The largest absolute Gasteiger partial charge is 0.324 e. The van der Waals surface area contributed by atoms with Crippen molar-refractivity contribution in [1.29, 1.82) is 0 Å². The molecule has 7 heteroatoms. The Morgan fingerprint density at radius 2 is 1.89 bits per heavy atom. The molecule has 0 spiro atoms. The van der Waals surface area contributed by atoms with Crippen LogP contribution in [-0.4, -0.2) is 25.9 Å². The van der Waals surface area contributed by atoms with E-state index in [1.165, 1.54) is 11.8 Å². The SMILES string of the molecule is CC(Sc1nc(C2CC2)n(-c2ccccc2)n1)C(=O)Nc1ccccc1Cl. The van der Waals surface area contributed by atoms with Crippen molar-refractivity contribution in [2.75, 3.05) is 5.32 Å². The molecule has 138 valence electrons. The van der Waals surface area contributed by atoms with Crippen LogP contribution in [-0.2, 0) is 4.79 Å². The van der Waals surface area contributed by atoms with E-state index in [2.05, 4.69) is 10.4 Å². The van der Waals surface area contributed by atoms with Crippen molar-refractivity contribution in [3.05, 3.63) is 65.4 Å². The molecular weight excluding hydrogens is 380 g/mol. The molecule has 1 amide bonds. The molecule has 5 nitrogen and oxygen atoms in total. The number of carbonyl (C=O) groups is 1. The molecular formula is C20H19ClN4OS. The van der Waals surface area contributed by atoms with Crippen LogP contribution >= 0.6 is 23.4 Å². The van der Waals surface area contributed by atoms with Gasteiger partial charge in [-0.1, -0.05) is 53.7 Å². The van der Waals surface area contributed by atoms with Crippen LogP contribution in [0.5, 0.6) is 0 Å². The fourth-order valence-electron chi connectivity index (χ4n) is 2.73. The number of anilines is 1. The minimum Gasteiger partial charge on any atom is -0.324 e. The van der Waals surface area contributed by atoms with Crippen molar-refractivity contribution < 1.29 is 4.79 Å². The smallest absolute Gasteiger partial charge is 0.237 e. The van der Waals surface area contributed by atoms with Gasteiger partial charge in [0.2, 0.25) is 11.1 Å². The molecule has 4 rings (SSSR count). The van der Waals surface area contributed by atoms with Gasteiger partial charge in [-0.05, 0) is 44.0 Å². The van der Waals surface area contributed by atoms with Crippen molar-refractivity contribution in [1.82, 2.24) is 14.8 Å². The quantitative estimate of drug-likeness (QED) is 0.599. The number of benzene rings is 2. The average Bonchev–Trinajstić information content (AvgIpc) is 3.44. The third kappa shape index (κ3) is 4.17. The minimum absolute atomic E-state index is 0.128. The van der Waals surface area contributed by atoms with Crippen molar-refractivity contribution >= 4 is 35.0 Å². The first-order chi connectivity index (χ1) is 13.1. The van der Waals surface area contributed by atoms with E-state index in [4.69, 9.17) is 16.6 Å². The Morgan fingerprint density at radius 3 is 2.59 bits per heavy atom. The molecule has 1 aliphatic rings. The molecule has 1 fully saturated rings. The molecule has 2 aromatic carbocycles. The predicted octanol–water partition coefficient (Wildman–Crippen LogP) is 4.92. The maximum absolute atomic E-state index is 12.5. The molecule has 0 bridgehead atoms. The molecule has 1 aromatic heterocycles. The summed E-state index contributed by atoms with van der Waals surface area (Å²) >= 11 is 7.47. The van der Waals surface area contributed by atoms with Gasteiger partial charge in [-0.3, -0.25) is 4.79 Å². The summed E-state index contributed by atoms with van der Waals surface area (Å²) in [6, 6.07) is 17.2. The van der Waals surface area contributed by atoms with Crippen LogP contribution in [0.1, 0.15) is 31.5 Å². The topological polar surface area (TPSA) is 59.8 Å². The molecule has 1 heterocycles. The Kier molecular flexibility index (Phi) is 5.18. The first-order valence-corrected chi connectivity index (χ1v) is 10.1. The fraction of sp³-hybridized carbons (Fsp3) is 0.250. The number of nitrogens with one attached hydrogen (secondary N) is 1. The minimum atomic E-state index is -0.347. The Labute approximate surface area is 167 Å². The van der Waals surface area contributed by atoms with Crippen molar-refractivity contribution in [2.24, 2.45) is 0 Å². The monoisotopic (exact) mass is 398 g/mol. The van der Waals surface area contributed by atoms with E-state index in [1.54, 1.807) is 12.1 Å². The predicted molar refractivity (Wildman–Crippen MR) is 109 cm³/mol. The summed E-state index contributed by atoms with van der Waals surface area (Å²) in [5, 5.41) is 8.30. The molecule has 1 unspecified atom stereocenters. The van der Waals surface area contributed by atoms with Gasteiger partial charge < -0.3 is 5.32 Å². The highest BCUT2D eigenvalue weighted by Crippen LogP contribution is 2.40. The van der Waals surface area contributed by atoms with E-state index in [-0.39, 0.29) is 11.2 Å². The van der Waals surface area contributed by atoms with Crippen LogP contribution in [0.15, 0.2) is 59.8 Å². The van der Waals surface area contributed by atoms with Crippen LogP contribution < -0.4 is 5.32 Å². The third-order valence-corrected chi connectivity index (χ3v) is 5.62. The Balaban J connectivity index is 1.50. The third-order valence-electron chi connectivity index (χ3n) is 4.34. The maximum Gasteiger partial charge on any atom is 0.237 e. The summed E-state index contributed by atoms with van der Waals surface area (Å²) in [4.78, 5) is 17.2. The number of para-hydroxylation sites is 2. The van der Waals surface area contributed by atoms with Gasteiger partial charge in [0.25, 0.3) is 0 Å². The van der Waals surface area contributed by atoms with E-state index in [1.807, 2.05) is 54.1 Å². The number of hydrogen-bond acceptors (Lipinski definition) is 4. The van der Waals surface area contributed by atoms with E-state index in [9.17, 15) is 4.79 Å². The number of thioether (sulfide) groups is 1. The lowest BCUT2D eigenvalue weighted by molar-refractivity contribution is -0.115. The van der Waals surface area contributed by atoms with Crippen LogP contribution in [0.2, 0.25) is 5.02 Å². The summed E-state index contributed by atoms with van der Waals surface area (Å²) in [5.41, 5.74) is 1.60. The molecule has 1 aliphatic carbocycles. The first-order valence-electron chi connectivity index (χ1n) is 8.86. The van der Waals surface area contributed by atoms with E-state index < -0.39 is 0 Å². The van der Waals surface area contributed by atoms with Crippen molar-refractivity contribution in [3.63, 3.8) is 0 Å². The molecule has 0 saturated heterocycles. The van der Waals surface area contributed by atoms with Crippen LogP contribution in [0, 0.1) is 0 Å². The lowest BCUT2D eigenvalue weighted by Crippen LogP contribution is -2.22. The summed E-state index contributed by atoms with van der Waals surface area (Å²) in [5.74, 6) is 1.30. The number of hydrogen-bond donors (Lipinski definition) is 1. The van der Waals surface area contributed by atoms with Gasteiger partial charge in [-0.25, -0.2) is 9.67 Å². The van der Waals surface area contributed by atoms with E-state index in [0.29, 0.717) is 21.8 Å².